The number of anilines is 1. The molecule has 1 aromatic rings. The molecule has 0 aliphatic carbocycles. The summed E-state index contributed by atoms with van der Waals surface area (Å²) in [5.74, 6) is 0.405. The molecule has 1 aromatic carbocycles. The van der Waals surface area contributed by atoms with Crippen molar-refractivity contribution in [2.75, 3.05) is 31.5 Å². The van der Waals surface area contributed by atoms with E-state index in [1.807, 2.05) is 19.9 Å². The Balaban J connectivity index is 1.65. The molecular weight excluding hydrogens is 374 g/mol. The minimum atomic E-state index is -3.27. The van der Waals surface area contributed by atoms with Gasteiger partial charge in [-0.3, -0.25) is 0 Å². The number of amides is 2. The monoisotopic (exact) mass is 399 g/mol. The molecule has 2 heterocycles. The first-order valence-corrected chi connectivity index (χ1v) is 11.0. The van der Waals surface area contributed by atoms with Gasteiger partial charge in [0.1, 0.15) is 0 Å². The lowest BCUT2D eigenvalue weighted by Gasteiger charge is -2.23. The average molecular weight is 400 g/mol. The zero-order chi connectivity index (χ0) is 18.9. The summed E-state index contributed by atoms with van der Waals surface area (Å²) in [5, 5.41) is 2.93. The smallest absolute Gasteiger partial charge is 0.321 e. The Morgan fingerprint density at radius 3 is 2.65 bits per heavy atom. The van der Waals surface area contributed by atoms with Crippen LogP contribution in [0.1, 0.15) is 26.7 Å². The number of likely N-dealkylation sites (tertiary alicyclic amines) is 1. The molecule has 2 fully saturated rings. The van der Waals surface area contributed by atoms with E-state index in [0.29, 0.717) is 55.6 Å². The summed E-state index contributed by atoms with van der Waals surface area (Å²) in [7, 11) is -3.27. The van der Waals surface area contributed by atoms with Gasteiger partial charge in [0, 0.05) is 26.2 Å². The fraction of sp³-hybridized carbons (Fsp3) is 0.611. The molecule has 2 aliphatic rings. The first-order chi connectivity index (χ1) is 12.3. The van der Waals surface area contributed by atoms with Crippen LogP contribution in [0.4, 0.5) is 10.5 Å². The third-order valence-corrected chi connectivity index (χ3v) is 7.86. The van der Waals surface area contributed by atoms with Gasteiger partial charge in [0.15, 0.2) is 0 Å². The van der Waals surface area contributed by atoms with Crippen LogP contribution in [-0.2, 0) is 10.0 Å². The van der Waals surface area contributed by atoms with Gasteiger partial charge in [-0.15, -0.1) is 0 Å². The Morgan fingerprint density at radius 2 is 1.96 bits per heavy atom. The number of para-hydroxylation sites is 1. The molecule has 0 spiro atoms. The Bertz CT molecular complexity index is 769. The molecule has 2 amide bonds. The number of hydrogen-bond donors (Lipinski definition) is 1. The molecule has 0 bridgehead atoms. The van der Waals surface area contributed by atoms with Crippen molar-refractivity contribution in [3.8, 4) is 0 Å². The number of carbonyl (C=O) groups excluding carboxylic acids is 1. The number of nitrogens with one attached hydrogen (secondary N) is 1. The van der Waals surface area contributed by atoms with Crippen molar-refractivity contribution < 1.29 is 13.2 Å². The van der Waals surface area contributed by atoms with E-state index in [2.05, 4.69) is 5.32 Å². The predicted molar refractivity (Wildman–Crippen MR) is 104 cm³/mol. The highest BCUT2D eigenvalue weighted by atomic mass is 35.5. The van der Waals surface area contributed by atoms with E-state index < -0.39 is 10.0 Å². The lowest BCUT2D eigenvalue weighted by atomic mass is 10.0. The molecule has 3 rings (SSSR count). The van der Waals surface area contributed by atoms with E-state index in [-0.39, 0.29) is 17.2 Å². The third-order valence-electron chi connectivity index (χ3n) is 5.13. The molecule has 2 atom stereocenters. The summed E-state index contributed by atoms with van der Waals surface area (Å²) in [6.45, 7) is 6.21. The molecule has 26 heavy (non-hydrogen) atoms. The maximum atomic E-state index is 12.8. The SMILES string of the molecule is CC(C)CN1C[C@H]2CCN(C(=O)Nc3ccccc3Cl)CC[C@H]2S1(=O)=O. The summed E-state index contributed by atoms with van der Waals surface area (Å²) in [6.07, 6.45) is 1.19. The fourth-order valence-electron chi connectivity index (χ4n) is 3.84. The van der Waals surface area contributed by atoms with Gasteiger partial charge in [0.05, 0.1) is 16.0 Å². The summed E-state index contributed by atoms with van der Waals surface area (Å²) < 4.78 is 27.3. The van der Waals surface area contributed by atoms with Gasteiger partial charge in [-0.25, -0.2) is 17.5 Å². The van der Waals surface area contributed by atoms with E-state index in [1.165, 1.54) is 0 Å². The molecule has 1 N–H and O–H groups in total. The molecule has 0 radical (unpaired) electrons. The topological polar surface area (TPSA) is 69.7 Å². The number of fused-ring (bicyclic) bond motifs is 1. The highest BCUT2D eigenvalue weighted by Crippen LogP contribution is 2.35. The van der Waals surface area contributed by atoms with Crippen molar-refractivity contribution in [3.05, 3.63) is 29.3 Å². The van der Waals surface area contributed by atoms with Crippen LogP contribution in [0, 0.1) is 11.8 Å². The van der Waals surface area contributed by atoms with Crippen molar-refractivity contribution in [1.82, 2.24) is 9.21 Å². The second-order valence-corrected chi connectivity index (χ2v) is 10.1. The zero-order valence-corrected chi connectivity index (χ0v) is 16.8. The Kier molecular flexibility index (Phi) is 5.79. The largest absolute Gasteiger partial charge is 0.324 e. The molecule has 6 nitrogen and oxygen atoms in total. The van der Waals surface area contributed by atoms with Crippen molar-refractivity contribution in [1.29, 1.82) is 0 Å². The van der Waals surface area contributed by atoms with Gasteiger partial charge < -0.3 is 10.2 Å². The molecule has 2 saturated heterocycles. The summed E-state index contributed by atoms with van der Waals surface area (Å²) in [6, 6.07) is 6.86. The Morgan fingerprint density at radius 1 is 1.27 bits per heavy atom. The number of sulfonamides is 1. The number of nitrogens with zero attached hydrogens (tertiary/aromatic N) is 2. The average Bonchev–Trinajstić information content (AvgIpc) is 2.73. The van der Waals surface area contributed by atoms with Gasteiger partial charge in [-0.2, -0.15) is 0 Å². The van der Waals surface area contributed by atoms with Crippen LogP contribution in [0.15, 0.2) is 24.3 Å². The van der Waals surface area contributed by atoms with Gasteiger partial charge in [0.2, 0.25) is 10.0 Å². The van der Waals surface area contributed by atoms with Gasteiger partial charge in [0.25, 0.3) is 0 Å². The summed E-state index contributed by atoms with van der Waals surface area (Å²) >= 11 is 6.09. The molecule has 0 aromatic heterocycles. The van der Waals surface area contributed by atoms with Crippen LogP contribution in [0.5, 0.6) is 0 Å². The number of rotatable bonds is 3. The molecule has 2 aliphatic heterocycles. The highest BCUT2D eigenvalue weighted by molar-refractivity contribution is 7.90. The normalized spacial score (nSPS) is 25.8. The Labute approximate surface area is 160 Å². The second-order valence-electron chi connectivity index (χ2n) is 7.53. The van der Waals surface area contributed by atoms with Gasteiger partial charge in [-0.1, -0.05) is 37.6 Å². The zero-order valence-electron chi connectivity index (χ0n) is 15.2. The van der Waals surface area contributed by atoms with Crippen molar-refractivity contribution in [3.63, 3.8) is 0 Å². The van der Waals surface area contributed by atoms with Crippen LogP contribution in [-0.4, -0.2) is 55.1 Å². The number of halogens is 1. The first-order valence-electron chi connectivity index (χ1n) is 9.08. The standard InChI is InChI=1S/C18H26ClN3O3S/c1-13(2)11-22-12-14-7-9-21(10-8-17(14)26(22,24)25)18(23)20-16-6-4-3-5-15(16)19/h3-6,13-14,17H,7-12H2,1-2H3,(H,20,23)/t14-,17-/m1/s1. The third kappa shape index (κ3) is 4.00. The number of benzene rings is 1. The van der Waals surface area contributed by atoms with Crippen molar-refractivity contribution in [2.45, 2.75) is 31.9 Å². The summed E-state index contributed by atoms with van der Waals surface area (Å²) in [5.41, 5.74) is 0.569. The van der Waals surface area contributed by atoms with Gasteiger partial charge in [-0.05, 0) is 36.8 Å². The molecular formula is C18H26ClN3O3S. The Hall–Kier alpha value is -1.31. The van der Waals surface area contributed by atoms with Crippen LogP contribution >= 0.6 is 11.6 Å². The van der Waals surface area contributed by atoms with E-state index in [9.17, 15) is 13.2 Å². The van der Waals surface area contributed by atoms with Crippen LogP contribution < -0.4 is 5.32 Å². The number of urea groups is 1. The van der Waals surface area contributed by atoms with E-state index in [0.717, 1.165) is 0 Å². The maximum Gasteiger partial charge on any atom is 0.321 e. The van der Waals surface area contributed by atoms with Crippen LogP contribution in [0.3, 0.4) is 0 Å². The number of hydrogen-bond acceptors (Lipinski definition) is 3. The van der Waals surface area contributed by atoms with E-state index >= 15 is 0 Å². The molecule has 8 heteroatoms. The first kappa shape index (κ1) is 19.5. The van der Waals surface area contributed by atoms with Crippen molar-refractivity contribution in [2.24, 2.45) is 11.8 Å². The van der Waals surface area contributed by atoms with Crippen LogP contribution in [0.2, 0.25) is 5.02 Å². The lowest BCUT2D eigenvalue weighted by Crippen LogP contribution is -2.38. The number of carbonyl (C=O) groups is 1. The quantitative estimate of drug-likeness (QED) is 0.848. The summed E-state index contributed by atoms with van der Waals surface area (Å²) in [4.78, 5) is 14.3. The minimum absolute atomic E-state index is 0.0943. The van der Waals surface area contributed by atoms with Crippen LogP contribution in [0.25, 0.3) is 0 Å². The fourth-order valence-corrected chi connectivity index (χ4v) is 6.42. The van der Waals surface area contributed by atoms with E-state index in [4.69, 9.17) is 11.6 Å². The second kappa shape index (κ2) is 7.74. The predicted octanol–water partition coefficient (Wildman–Crippen LogP) is 3.25. The molecule has 0 unspecified atom stereocenters. The van der Waals surface area contributed by atoms with Crippen molar-refractivity contribution >= 4 is 33.3 Å². The van der Waals surface area contributed by atoms with Gasteiger partial charge >= 0.3 is 6.03 Å². The lowest BCUT2D eigenvalue weighted by molar-refractivity contribution is 0.212. The van der Waals surface area contributed by atoms with E-state index in [1.54, 1.807) is 27.4 Å². The maximum absolute atomic E-state index is 12.8. The highest BCUT2D eigenvalue weighted by Gasteiger charge is 2.47. The minimum Gasteiger partial charge on any atom is -0.324 e. The molecule has 144 valence electrons. The molecule has 0 saturated carbocycles.